The van der Waals surface area contributed by atoms with E-state index < -0.39 is 12.1 Å². The quantitative estimate of drug-likeness (QED) is 0.0513. The summed E-state index contributed by atoms with van der Waals surface area (Å²) < 4.78 is 0. The fraction of sp³-hybridized carbons (Fsp3) is 0.921. The van der Waals surface area contributed by atoms with Gasteiger partial charge in [0, 0.05) is 6.42 Å². The Balaban J connectivity index is 3.55. The molecule has 0 bridgehead atoms. The average molecular weight is 594 g/mol. The molecule has 2 atom stereocenters. The molecule has 0 aromatic carbocycles. The zero-order valence-corrected chi connectivity index (χ0v) is 28.5. The highest BCUT2D eigenvalue weighted by molar-refractivity contribution is 5.76. The molecule has 0 saturated heterocycles. The predicted octanol–water partition coefficient (Wildman–Crippen LogP) is 11.1. The van der Waals surface area contributed by atoms with Crippen LogP contribution in [0.3, 0.4) is 0 Å². The van der Waals surface area contributed by atoms with E-state index in [1.165, 1.54) is 161 Å². The van der Waals surface area contributed by atoms with Crippen LogP contribution >= 0.6 is 0 Å². The molecule has 0 aliphatic carbocycles. The van der Waals surface area contributed by atoms with Gasteiger partial charge in [-0.25, -0.2) is 0 Å². The third-order valence-corrected chi connectivity index (χ3v) is 8.77. The first-order valence-corrected chi connectivity index (χ1v) is 18.9. The lowest BCUT2D eigenvalue weighted by molar-refractivity contribution is -0.123. The van der Waals surface area contributed by atoms with Gasteiger partial charge in [0.2, 0.25) is 5.91 Å². The van der Waals surface area contributed by atoms with Crippen LogP contribution in [0.15, 0.2) is 12.2 Å². The molecule has 0 heterocycles. The van der Waals surface area contributed by atoms with Crippen LogP contribution in [0.5, 0.6) is 0 Å². The first-order chi connectivity index (χ1) is 20.7. The summed E-state index contributed by atoms with van der Waals surface area (Å²) in [7, 11) is 0. The summed E-state index contributed by atoms with van der Waals surface area (Å²) in [6.45, 7) is 4.30. The van der Waals surface area contributed by atoms with E-state index in [4.69, 9.17) is 0 Å². The van der Waals surface area contributed by atoms with E-state index in [1.54, 1.807) is 6.08 Å². The number of hydrogen-bond acceptors (Lipinski definition) is 3. The fourth-order valence-corrected chi connectivity index (χ4v) is 5.82. The number of hydrogen-bond donors (Lipinski definition) is 3. The van der Waals surface area contributed by atoms with Gasteiger partial charge in [0.15, 0.2) is 0 Å². The van der Waals surface area contributed by atoms with Crippen molar-refractivity contribution < 1.29 is 15.0 Å². The van der Waals surface area contributed by atoms with E-state index in [2.05, 4.69) is 19.2 Å². The lowest BCUT2D eigenvalue weighted by Crippen LogP contribution is -2.45. The number of rotatable bonds is 34. The highest BCUT2D eigenvalue weighted by Gasteiger charge is 2.17. The minimum absolute atomic E-state index is 0.0623. The van der Waals surface area contributed by atoms with E-state index in [0.717, 1.165) is 25.7 Å². The Morgan fingerprint density at radius 2 is 0.881 bits per heavy atom. The SMILES string of the molecule is CCCCCCCCCCCC/C=C/C(O)C(CO)NC(=O)CCCCCCCCCCCCCCCCCCCC. The lowest BCUT2D eigenvalue weighted by atomic mass is 10.0. The second-order valence-electron chi connectivity index (χ2n) is 13.0. The van der Waals surface area contributed by atoms with Gasteiger partial charge in [0.05, 0.1) is 18.8 Å². The van der Waals surface area contributed by atoms with E-state index in [-0.39, 0.29) is 12.5 Å². The molecule has 0 rings (SSSR count). The van der Waals surface area contributed by atoms with Crippen LogP contribution in [0.2, 0.25) is 0 Å². The van der Waals surface area contributed by atoms with Crippen LogP contribution in [0, 0.1) is 0 Å². The maximum Gasteiger partial charge on any atom is 0.220 e. The first kappa shape index (κ1) is 41.1. The maximum atomic E-state index is 12.3. The summed E-state index contributed by atoms with van der Waals surface area (Å²) in [5.74, 6) is -0.0623. The summed E-state index contributed by atoms with van der Waals surface area (Å²) in [5, 5.41) is 22.9. The van der Waals surface area contributed by atoms with E-state index in [9.17, 15) is 15.0 Å². The molecule has 0 aliphatic heterocycles. The molecule has 0 aliphatic rings. The van der Waals surface area contributed by atoms with Crippen LogP contribution in [-0.4, -0.2) is 34.9 Å². The van der Waals surface area contributed by atoms with Crippen molar-refractivity contribution in [3.63, 3.8) is 0 Å². The second-order valence-corrected chi connectivity index (χ2v) is 13.0. The molecule has 0 aromatic rings. The number of allylic oxidation sites excluding steroid dienone is 1. The molecule has 0 saturated carbocycles. The standard InChI is InChI=1S/C38H75NO3/c1-3-5-7-9-11-13-15-17-18-19-20-21-22-24-26-28-30-32-34-38(42)39-36(35-40)37(41)33-31-29-27-25-23-16-14-12-10-8-6-4-2/h31,33,36-37,40-41H,3-30,32,34-35H2,1-2H3,(H,39,42)/b33-31+. The van der Waals surface area contributed by atoms with Gasteiger partial charge in [0.1, 0.15) is 0 Å². The topological polar surface area (TPSA) is 69.6 Å². The Bertz CT molecular complexity index is 565. The predicted molar refractivity (Wildman–Crippen MR) is 184 cm³/mol. The first-order valence-electron chi connectivity index (χ1n) is 18.9. The summed E-state index contributed by atoms with van der Waals surface area (Å²) in [4.78, 5) is 12.3. The van der Waals surface area contributed by atoms with Crippen molar-refractivity contribution in [3.8, 4) is 0 Å². The Morgan fingerprint density at radius 3 is 1.24 bits per heavy atom. The summed E-state index contributed by atoms with van der Waals surface area (Å²) in [6.07, 6.45) is 41.5. The molecule has 0 radical (unpaired) electrons. The average Bonchev–Trinajstić information content (AvgIpc) is 2.99. The van der Waals surface area contributed by atoms with E-state index in [1.807, 2.05) is 6.08 Å². The lowest BCUT2D eigenvalue weighted by Gasteiger charge is -2.20. The fourth-order valence-electron chi connectivity index (χ4n) is 5.82. The van der Waals surface area contributed by atoms with Crippen molar-refractivity contribution in [2.24, 2.45) is 0 Å². The molecule has 0 aromatic heterocycles. The minimum atomic E-state index is -0.831. The van der Waals surface area contributed by atoms with E-state index in [0.29, 0.717) is 6.42 Å². The Kier molecular flexibility index (Phi) is 33.9. The molecule has 42 heavy (non-hydrogen) atoms. The molecule has 0 fully saturated rings. The van der Waals surface area contributed by atoms with Crippen molar-refractivity contribution >= 4 is 5.91 Å². The second kappa shape index (κ2) is 34.6. The van der Waals surface area contributed by atoms with Crippen LogP contribution in [0.25, 0.3) is 0 Å². The molecular formula is C38H75NO3. The largest absolute Gasteiger partial charge is 0.394 e. The molecule has 1 amide bonds. The Hall–Kier alpha value is -0.870. The molecule has 3 N–H and O–H groups in total. The van der Waals surface area contributed by atoms with Gasteiger partial charge >= 0.3 is 0 Å². The number of unbranched alkanes of at least 4 members (excludes halogenated alkanes) is 27. The van der Waals surface area contributed by atoms with Crippen molar-refractivity contribution in [3.05, 3.63) is 12.2 Å². The van der Waals surface area contributed by atoms with Crippen LogP contribution in [-0.2, 0) is 4.79 Å². The van der Waals surface area contributed by atoms with Crippen molar-refractivity contribution in [1.82, 2.24) is 5.32 Å². The van der Waals surface area contributed by atoms with Crippen LogP contribution < -0.4 is 5.32 Å². The summed E-state index contributed by atoms with van der Waals surface area (Å²) >= 11 is 0. The van der Waals surface area contributed by atoms with Gasteiger partial charge in [-0.15, -0.1) is 0 Å². The molecule has 4 heteroatoms. The van der Waals surface area contributed by atoms with Gasteiger partial charge < -0.3 is 15.5 Å². The molecule has 250 valence electrons. The Morgan fingerprint density at radius 1 is 0.548 bits per heavy atom. The summed E-state index contributed by atoms with van der Waals surface area (Å²) in [6, 6.07) is -0.614. The van der Waals surface area contributed by atoms with Crippen molar-refractivity contribution in [2.45, 2.75) is 219 Å². The molecular weight excluding hydrogens is 518 g/mol. The van der Waals surface area contributed by atoms with Crippen molar-refractivity contribution in [1.29, 1.82) is 0 Å². The number of aliphatic hydroxyl groups excluding tert-OH is 2. The van der Waals surface area contributed by atoms with E-state index >= 15 is 0 Å². The zero-order valence-electron chi connectivity index (χ0n) is 28.5. The number of amides is 1. The molecule has 4 nitrogen and oxygen atoms in total. The monoisotopic (exact) mass is 594 g/mol. The number of carbonyl (C=O) groups is 1. The summed E-state index contributed by atoms with van der Waals surface area (Å²) in [5.41, 5.74) is 0. The van der Waals surface area contributed by atoms with Gasteiger partial charge in [-0.3, -0.25) is 4.79 Å². The van der Waals surface area contributed by atoms with Gasteiger partial charge in [0.25, 0.3) is 0 Å². The molecule has 0 spiro atoms. The number of carbonyl (C=O) groups excluding carboxylic acids is 1. The normalized spacial score (nSPS) is 13.1. The molecule has 2 unspecified atom stereocenters. The number of aliphatic hydroxyl groups is 2. The van der Waals surface area contributed by atoms with Gasteiger partial charge in [-0.2, -0.15) is 0 Å². The third kappa shape index (κ3) is 30.6. The maximum absolute atomic E-state index is 12.3. The Labute approximate surface area is 263 Å². The van der Waals surface area contributed by atoms with Gasteiger partial charge in [-0.05, 0) is 19.3 Å². The third-order valence-electron chi connectivity index (χ3n) is 8.77. The minimum Gasteiger partial charge on any atom is -0.394 e. The van der Waals surface area contributed by atoms with Gasteiger partial charge in [-0.1, -0.05) is 193 Å². The van der Waals surface area contributed by atoms with Crippen LogP contribution in [0.1, 0.15) is 206 Å². The van der Waals surface area contributed by atoms with Crippen molar-refractivity contribution in [2.75, 3.05) is 6.61 Å². The van der Waals surface area contributed by atoms with Crippen LogP contribution in [0.4, 0.5) is 0 Å². The smallest absolute Gasteiger partial charge is 0.220 e. The zero-order chi connectivity index (χ0) is 30.8. The highest BCUT2D eigenvalue weighted by atomic mass is 16.3. The highest BCUT2D eigenvalue weighted by Crippen LogP contribution is 2.15. The number of nitrogens with one attached hydrogen (secondary N) is 1.